The first-order valence-corrected chi connectivity index (χ1v) is 8.18. The average molecular weight is 356 g/mol. The maximum absolute atomic E-state index is 11.8. The Bertz CT molecular complexity index is 541. The van der Waals surface area contributed by atoms with Gasteiger partial charge in [0.15, 0.2) is 0 Å². The molecule has 1 aromatic carbocycles. The number of hydrogen-bond donors (Lipinski definition) is 2. The van der Waals surface area contributed by atoms with Crippen LogP contribution < -0.4 is 15.4 Å². The fourth-order valence-electron chi connectivity index (χ4n) is 1.95. The van der Waals surface area contributed by atoms with Crippen LogP contribution in [0.3, 0.4) is 0 Å². The number of halogens is 1. The molecule has 24 heavy (non-hydrogen) atoms. The quantitative estimate of drug-likeness (QED) is 0.696. The minimum Gasteiger partial charge on any atom is -0.492 e. The zero-order valence-electron chi connectivity index (χ0n) is 14.7. The third-order valence-electron chi connectivity index (χ3n) is 2.85. The van der Waals surface area contributed by atoms with Crippen LogP contribution in [0.15, 0.2) is 24.3 Å². The maximum atomic E-state index is 11.8. The molecule has 0 aliphatic carbocycles. The number of nitrogens with one attached hydrogen (secondary N) is 2. The Hall–Kier alpha value is -1.79. The molecule has 6 nitrogen and oxygen atoms in total. The van der Waals surface area contributed by atoms with Crippen molar-refractivity contribution in [3.8, 4) is 5.75 Å². The summed E-state index contributed by atoms with van der Waals surface area (Å²) < 4.78 is 5.48. The minimum atomic E-state index is -0.279. The van der Waals surface area contributed by atoms with Crippen molar-refractivity contribution in [1.29, 1.82) is 0 Å². The average Bonchev–Trinajstić information content (AvgIpc) is 2.43. The van der Waals surface area contributed by atoms with Crippen molar-refractivity contribution in [3.63, 3.8) is 0 Å². The number of likely N-dealkylation sites (N-methyl/N-ethyl adjacent to an activating group) is 1. The van der Waals surface area contributed by atoms with Crippen molar-refractivity contribution in [2.45, 2.75) is 26.3 Å². The SMILES string of the molecule is CN(CC(=O)NCCOc1ccc(Cl)cc1)CC(=O)NC(C)(C)C. The third-order valence-corrected chi connectivity index (χ3v) is 3.10. The number of rotatable bonds is 8. The van der Waals surface area contributed by atoms with Crippen molar-refractivity contribution in [2.75, 3.05) is 33.3 Å². The zero-order valence-corrected chi connectivity index (χ0v) is 15.4. The van der Waals surface area contributed by atoms with Crippen LogP contribution in [0.25, 0.3) is 0 Å². The monoisotopic (exact) mass is 355 g/mol. The lowest BCUT2D eigenvalue weighted by molar-refractivity contribution is -0.125. The van der Waals surface area contributed by atoms with Gasteiger partial charge in [-0.3, -0.25) is 14.5 Å². The molecule has 7 heteroatoms. The Morgan fingerprint density at radius 1 is 1.12 bits per heavy atom. The highest BCUT2D eigenvalue weighted by atomic mass is 35.5. The Labute approximate surface area is 148 Å². The topological polar surface area (TPSA) is 70.7 Å². The van der Waals surface area contributed by atoms with Gasteiger partial charge in [0.25, 0.3) is 0 Å². The predicted molar refractivity (Wildman–Crippen MR) is 95.3 cm³/mol. The smallest absolute Gasteiger partial charge is 0.234 e. The second-order valence-corrected chi connectivity index (χ2v) is 7.06. The van der Waals surface area contributed by atoms with Crippen LogP contribution >= 0.6 is 11.6 Å². The predicted octanol–water partition coefficient (Wildman–Crippen LogP) is 1.68. The zero-order chi connectivity index (χ0) is 18.2. The van der Waals surface area contributed by atoms with Crippen LogP contribution in [-0.4, -0.2) is 55.5 Å². The van der Waals surface area contributed by atoms with E-state index in [-0.39, 0.29) is 30.4 Å². The van der Waals surface area contributed by atoms with Crippen LogP contribution in [0.5, 0.6) is 5.75 Å². The standard InChI is InChI=1S/C17H26ClN3O3/c1-17(2,3)20-16(23)12-21(4)11-15(22)19-9-10-24-14-7-5-13(18)6-8-14/h5-8H,9-12H2,1-4H3,(H,19,22)(H,20,23). The van der Waals surface area contributed by atoms with Gasteiger partial charge in [-0.1, -0.05) is 11.6 Å². The molecule has 0 aliphatic rings. The van der Waals surface area contributed by atoms with Crippen LogP contribution in [0.4, 0.5) is 0 Å². The highest BCUT2D eigenvalue weighted by molar-refractivity contribution is 6.30. The van der Waals surface area contributed by atoms with Gasteiger partial charge in [-0.2, -0.15) is 0 Å². The Morgan fingerprint density at radius 2 is 1.71 bits per heavy atom. The van der Waals surface area contributed by atoms with Gasteiger partial charge in [0.2, 0.25) is 11.8 Å². The number of hydrogen-bond acceptors (Lipinski definition) is 4. The first-order chi connectivity index (χ1) is 11.2. The lowest BCUT2D eigenvalue weighted by Crippen LogP contribution is -2.47. The second-order valence-electron chi connectivity index (χ2n) is 6.62. The first kappa shape index (κ1) is 20.3. The summed E-state index contributed by atoms with van der Waals surface area (Å²) >= 11 is 5.79. The Morgan fingerprint density at radius 3 is 2.29 bits per heavy atom. The number of carbonyl (C=O) groups is 2. The highest BCUT2D eigenvalue weighted by Crippen LogP contribution is 2.15. The first-order valence-electron chi connectivity index (χ1n) is 7.80. The van der Waals surface area contributed by atoms with E-state index in [4.69, 9.17) is 16.3 Å². The second kappa shape index (κ2) is 9.49. The van der Waals surface area contributed by atoms with Crippen molar-refractivity contribution in [1.82, 2.24) is 15.5 Å². The largest absolute Gasteiger partial charge is 0.492 e. The Balaban J connectivity index is 2.18. The summed E-state index contributed by atoms with van der Waals surface area (Å²) in [6, 6.07) is 7.03. The van der Waals surface area contributed by atoms with E-state index in [1.807, 2.05) is 20.8 Å². The molecular weight excluding hydrogens is 330 g/mol. The molecule has 134 valence electrons. The molecule has 2 N–H and O–H groups in total. The van der Waals surface area contributed by atoms with Gasteiger partial charge in [-0.25, -0.2) is 0 Å². The van der Waals surface area contributed by atoms with E-state index in [1.54, 1.807) is 36.2 Å². The molecule has 0 spiro atoms. The van der Waals surface area contributed by atoms with E-state index in [0.29, 0.717) is 23.9 Å². The van der Waals surface area contributed by atoms with E-state index in [0.717, 1.165) is 0 Å². The van der Waals surface area contributed by atoms with E-state index in [1.165, 1.54) is 0 Å². The maximum Gasteiger partial charge on any atom is 0.234 e. The summed E-state index contributed by atoms with van der Waals surface area (Å²) in [5, 5.41) is 6.26. The van der Waals surface area contributed by atoms with E-state index in [2.05, 4.69) is 10.6 Å². The number of benzene rings is 1. The van der Waals surface area contributed by atoms with Gasteiger partial charge in [-0.15, -0.1) is 0 Å². The molecule has 0 atom stereocenters. The van der Waals surface area contributed by atoms with Crippen LogP contribution in [0, 0.1) is 0 Å². The summed E-state index contributed by atoms with van der Waals surface area (Å²) in [7, 11) is 1.73. The number of amides is 2. The molecule has 0 aromatic heterocycles. The van der Waals surface area contributed by atoms with Gasteiger partial charge >= 0.3 is 0 Å². The molecule has 0 bridgehead atoms. The van der Waals surface area contributed by atoms with Crippen molar-refractivity contribution < 1.29 is 14.3 Å². The van der Waals surface area contributed by atoms with Gasteiger partial charge in [0, 0.05) is 10.6 Å². The molecule has 2 amide bonds. The molecule has 0 radical (unpaired) electrons. The van der Waals surface area contributed by atoms with Gasteiger partial charge in [0.1, 0.15) is 12.4 Å². The van der Waals surface area contributed by atoms with Crippen LogP contribution in [-0.2, 0) is 9.59 Å². The molecule has 1 aromatic rings. The lowest BCUT2D eigenvalue weighted by Gasteiger charge is -2.23. The van der Waals surface area contributed by atoms with Crippen molar-refractivity contribution >= 4 is 23.4 Å². The summed E-state index contributed by atoms with van der Waals surface area (Å²) in [5.41, 5.74) is -0.279. The summed E-state index contributed by atoms with van der Waals surface area (Å²) in [5.74, 6) is 0.439. The molecule has 0 fully saturated rings. The third kappa shape index (κ3) is 9.37. The fraction of sp³-hybridized carbons (Fsp3) is 0.529. The Kier molecular flexibility index (Phi) is 8.01. The molecule has 0 unspecified atom stereocenters. The van der Waals surface area contributed by atoms with Gasteiger partial charge < -0.3 is 15.4 Å². The van der Waals surface area contributed by atoms with Gasteiger partial charge in [-0.05, 0) is 52.1 Å². The summed E-state index contributed by atoms with van der Waals surface area (Å²) in [4.78, 5) is 25.3. The molecular formula is C17H26ClN3O3. The van der Waals surface area contributed by atoms with Crippen LogP contribution in [0.2, 0.25) is 5.02 Å². The normalized spacial score (nSPS) is 11.2. The van der Waals surface area contributed by atoms with E-state index < -0.39 is 0 Å². The molecule has 0 saturated carbocycles. The number of carbonyl (C=O) groups excluding carboxylic acids is 2. The summed E-state index contributed by atoms with van der Waals surface area (Å²) in [6.45, 7) is 6.82. The van der Waals surface area contributed by atoms with Crippen molar-refractivity contribution in [3.05, 3.63) is 29.3 Å². The van der Waals surface area contributed by atoms with E-state index in [9.17, 15) is 9.59 Å². The molecule has 0 aliphatic heterocycles. The molecule has 0 saturated heterocycles. The van der Waals surface area contributed by atoms with Crippen LogP contribution in [0.1, 0.15) is 20.8 Å². The van der Waals surface area contributed by atoms with Gasteiger partial charge in [0.05, 0.1) is 19.6 Å². The van der Waals surface area contributed by atoms with Crippen molar-refractivity contribution in [2.24, 2.45) is 0 Å². The minimum absolute atomic E-state index is 0.108. The highest BCUT2D eigenvalue weighted by Gasteiger charge is 2.16. The molecule has 1 rings (SSSR count). The fourth-order valence-corrected chi connectivity index (χ4v) is 2.08. The summed E-state index contributed by atoms with van der Waals surface area (Å²) in [6.07, 6.45) is 0. The van der Waals surface area contributed by atoms with E-state index >= 15 is 0 Å². The molecule has 0 heterocycles. The lowest BCUT2D eigenvalue weighted by atomic mass is 10.1. The number of nitrogens with zero attached hydrogens (tertiary/aromatic N) is 1. The number of ether oxygens (including phenoxy) is 1.